The maximum atomic E-state index is 11.7. The molecule has 0 radical (unpaired) electrons. The van der Waals surface area contributed by atoms with Crippen LogP contribution >= 0.6 is 23.2 Å². The van der Waals surface area contributed by atoms with Crippen molar-refractivity contribution in [2.75, 3.05) is 18.1 Å². The van der Waals surface area contributed by atoms with Crippen LogP contribution in [-0.4, -0.2) is 38.5 Å². The molecule has 122 valence electrons. The molecule has 22 heavy (non-hydrogen) atoms. The predicted octanol–water partition coefficient (Wildman–Crippen LogP) is 2.46. The van der Waals surface area contributed by atoms with Gasteiger partial charge in [-0.15, -0.1) is 0 Å². The van der Waals surface area contributed by atoms with Crippen LogP contribution in [0.25, 0.3) is 0 Å². The van der Waals surface area contributed by atoms with E-state index in [2.05, 4.69) is 5.32 Å². The fourth-order valence-electron chi connectivity index (χ4n) is 2.22. The second kappa shape index (κ2) is 7.53. The third kappa shape index (κ3) is 5.34. The van der Waals surface area contributed by atoms with Crippen molar-refractivity contribution in [1.29, 1.82) is 0 Å². The molecule has 1 aromatic rings. The Kier molecular flexibility index (Phi) is 5.94. The number of carbonyl (C=O) groups excluding carboxylic acids is 1. The first-order chi connectivity index (χ1) is 10.4. The zero-order valence-corrected chi connectivity index (χ0v) is 14.2. The van der Waals surface area contributed by atoms with Crippen molar-refractivity contribution in [2.45, 2.75) is 25.3 Å². The molecule has 1 amide bonds. The van der Waals surface area contributed by atoms with Gasteiger partial charge < -0.3 is 10.1 Å². The number of halogens is 2. The Bertz CT molecular complexity index is 648. The average Bonchev–Trinajstić information content (AvgIpc) is 2.76. The molecule has 1 atom stereocenters. The van der Waals surface area contributed by atoms with E-state index in [-0.39, 0.29) is 29.9 Å². The lowest BCUT2D eigenvalue weighted by molar-refractivity contribution is -0.121. The highest BCUT2D eigenvalue weighted by Crippen LogP contribution is 2.27. The molecule has 0 aliphatic carbocycles. The van der Waals surface area contributed by atoms with Gasteiger partial charge in [-0.25, -0.2) is 8.42 Å². The van der Waals surface area contributed by atoms with Crippen LogP contribution in [0.5, 0.6) is 5.75 Å². The van der Waals surface area contributed by atoms with Gasteiger partial charge >= 0.3 is 0 Å². The molecule has 1 aliphatic rings. The van der Waals surface area contributed by atoms with Crippen LogP contribution in [0.15, 0.2) is 18.2 Å². The molecule has 0 aromatic heterocycles. The minimum Gasteiger partial charge on any atom is -0.492 e. The largest absolute Gasteiger partial charge is 0.492 e. The lowest BCUT2D eigenvalue weighted by Gasteiger charge is -2.11. The molecular weight excluding hydrogens is 349 g/mol. The molecule has 5 nitrogen and oxygen atoms in total. The Labute approximate surface area is 139 Å². The maximum absolute atomic E-state index is 11.7. The standard InChI is InChI=1S/C14H17Cl2NO4S/c15-10-3-4-13(12(16)8-10)21-6-1-2-14(18)17-11-5-7-22(19,20)9-11/h3-4,8,11H,1-2,5-7,9H2,(H,17,18). The summed E-state index contributed by atoms with van der Waals surface area (Å²) in [6.07, 6.45) is 1.29. The van der Waals surface area contributed by atoms with Gasteiger partial charge in [0.05, 0.1) is 23.1 Å². The van der Waals surface area contributed by atoms with Crippen LogP contribution < -0.4 is 10.1 Å². The minimum atomic E-state index is -2.98. The van der Waals surface area contributed by atoms with Crippen LogP contribution in [0.2, 0.25) is 10.0 Å². The number of rotatable bonds is 6. The predicted molar refractivity (Wildman–Crippen MR) is 86.4 cm³/mol. The molecule has 1 unspecified atom stereocenters. The van der Waals surface area contributed by atoms with Crippen molar-refractivity contribution in [3.05, 3.63) is 28.2 Å². The first-order valence-electron chi connectivity index (χ1n) is 6.93. The van der Waals surface area contributed by atoms with Crippen LogP contribution in [0.1, 0.15) is 19.3 Å². The second-order valence-electron chi connectivity index (χ2n) is 5.19. The van der Waals surface area contributed by atoms with Crippen LogP contribution in [-0.2, 0) is 14.6 Å². The number of benzene rings is 1. The van der Waals surface area contributed by atoms with E-state index in [1.807, 2.05) is 0 Å². The number of amides is 1. The monoisotopic (exact) mass is 365 g/mol. The van der Waals surface area contributed by atoms with Gasteiger partial charge in [-0.1, -0.05) is 23.2 Å². The van der Waals surface area contributed by atoms with Crippen molar-refractivity contribution in [3.63, 3.8) is 0 Å². The van der Waals surface area contributed by atoms with Gasteiger partial charge in [0.1, 0.15) is 5.75 Å². The average molecular weight is 366 g/mol. The van der Waals surface area contributed by atoms with Crippen molar-refractivity contribution < 1.29 is 17.9 Å². The Balaban J connectivity index is 1.67. The van der Waals surface area contributed by atoms with Crippen LogP contribution in [0.4, 0.5) is 0 Å². The molecule has 8 heteroatoms. The van der Waals surface area contributed by atoms with E-state index in [4.69, 9.17) is 27.9 Å². The number of carbonyl (C=O) groups is 1. The fraction of sp³-hybridized carbons (Fsp3) is 0.500. The minimum absolute atomic E-state index is 0.0373. The summed E-state index contributed by atoms with van der Waals surface area (Å²) in [6, 6.07) is 4.68. The third-order valence-electron chi connectivity index (χ3n) is 3.30. The topological polar surface area (TPSA) is 72.5 Å². The summed E-state index contributed by atoms with van der Waals surface area (Å²) in [6.45, 7) is 0.345. The summed E-state index contributed by atoms with van der Waals surface area (Å²) in [7, 11) is -2.98. The molecule has 1 fully saturated rings. The molecule has 0 bridgehead atoms. The highest BCUT2D eigenvalue weighted by Gasteiger charge is 2.28. The van der Waals surface area contributed by atoms with Gasteiger partial charge in [0.2, 0.25) is 5.91 Å². The van der Waals surface area contributed by atoms with E-state index in [1.54, 1.807) is 18.2 Å². The molecular formula is C14H17Cl2NO4S. The number of sulfone groups is 1. The molecule has 1 aliphatic heterocycles. The van der Waals surface area contributed by atoms with Crippen molar-refractivity contribution >= 4 is 38.9 Å². The van der Waals surface area contributed by atoms with Gasteiger partial charge in [-0.2, -0.15) is 0 Å². The summed E-state index contributed by atoms with van der Waals surface area (Å²) in [4.78, 5) is 11.7. The maximum Gasteiger partial charge on any atom is 0.220 e. The molecule has 0 spiro atoms. The van der Waals surface area contributed by atoms with Crippen LogP contribution in [0, 0.1) is 0 Å². The Morgan fingerprint density at radius 2 is 2.14 bits per heavy atom. The summed E-state index contributed by atoms with van der Waals surface area (Å²) < 4.78 is 28.1. The number of hydrogen-bond acceptors (Lipinski definition) is 4. The molecule has 1 aromatic carbocycles. The molecule has 1 N–H and O–H groups in total. The first-order valence-corrected chi connectivity index (χ1v) is 9.51. The normalized spacial score (nSPS) is 19.8. The van der Waals surface area contributed by atoms with Gasteiger partial charge in [0.15, 0.2) is 9.84 Å². The van der Waals surface area contributed by atoms with Crippen molar-refractivity contribution in [2.24, 2.45) is 0 Å². The zero-order chi connectivity index (χ0) is 16.2. The van der Waals surface area contributed by atoms with E-state index in [9.17, 15) is 13.2 Å². The van der Waals surface area contributed by atoms with Gasteiger partial charge in [0, 0.05) is 17.5 Å². The van der Waals surface area contributed by atoms with E-state index in [1.165, 1.54) is 0 Å². The van der Waals surface area contributed by atoms with E-state index in [0.717, 1.165) is 0 Å². The Morgan fingerprint density at radius 1 is 1.36 bits per heavy atom. The van der Waals surface area contributed by atoms with Gasteiger partial charge in [-0.05, 0) is 31.0 Å². The highest BCUT2D eigenvalue weighted by atomic mass is 35.5. The Morgan fingerprint density at radius 3 is 2.77 bits per heavy atom. The lowest BCUT2D eigenvalue weighted by atomic mass is 10.2. The smallest absolute Gasteiger partial charge is 0.220 e. The quantitative estimate of drug-likeness (QED) is 0.785. The van der Waals surface area contributed by atoms with Crippen molar-refractivity contribution in [1.82, 2.24) is 5.32 Å². The summed E-state index contributed by atoms with van der Waals surface area (Å²) in [5.74, 6) is 0.549. The third-order valence-corrected chi connectivity index (χ3v) is 5.60. The Hall–Kier alpha value is -0.980. The van der Waals surface area contributed by atoms with Gasteiger partial charge in [0.25, 0.3) is 0 Å². The van der Waals surface area contributed by atoms with Crippen LogP contribution in [0.3, 0.4) is 0 Å². The fourth-order valence-corrected chi connectivity index (χ4v) is 4.35. The molecule has 1 saturated heterocycles. The van der Waals surface area contributed by atoms with E-state index in [0.29, 0.717) is 35.2 Å². The summed E-state index contributed by atoms with van der Waals surface area (Å²) in [5.41, 5.74) is 0. The lowest BCUT2D eigenvalue weighted by Crippen LogP contribution is -2.35. The summed E-state index contributed by atoms with van der Waals surface area (Å²) >= 11 is 11.8. The second-order valence-corrected chi connectivity index (χ2v) is 8.27. The first kappa shape index (κ1) is 17.4. The summed E-state index contributed by atoms with van der Waals surface area (Å²) in [5, 5.41) is 3.69. The number of ether oxygens (including phenoxy) is 1. The van der Waals surface area contributed by atoms with E-state index < -0.39 is 9.84 Å². The SMILES string of the molecule is O=C(CCCOc1ccc(Cl)cc1Cl)NC1CCS(=O)(=O)C1. The molecule has 1 heterocycles. The van der Waals surface area contributed by atoms with Crippen molar-refractivity contribution in [3.8, 4) is 5.75 Å². The molecule has 2 rings (SSSR count). The number of nitrogens with one attached hydrogen (secondary N) is 1. The highest BCUT2D eigenvalue weighted by molar-refractivity contribution is 7.91. The van der Waals surface area contributed by atoms with Gasteiger partial charge in [-0.3, -0.25) is 4.79 Å². The zero-order valence-electron chi connectivity index (χ0n) is 11.8. The molecule has 0 saturated carbocycles. The number of hydrogen-bond donors (Lipinski definition) is 1. The van der Waals surface area contributed by atoms with E-state index >= 15 is 0 Å².